The van der Waals surface area contributed by atoms with E-state index in [0.717, 1.165) is 39.9 Å². The molecule has 4 rings (SSSR count). The fraction of sp³-hybridized carbons (Fsp3) is 0.222. The highest BCUT2D eigenvalue weighted by molar-refractivity contribution is 7.80. The van der Waals surface area contributed by atoms with E-state index in [1.54, 1.807) is 10.8 Å². The molecule has 0 amide bonds. The average molecular weight is 324 g/mol. The summed E-state index contributed by atoms with van der Waals surface area (Å²) in [6, 6.07) is 9.64. The van der Waals surface area contributed by atoms with Crippen molar-refractivity contribution < 1.29 is 4.74 Å². The number of thiol groups is 1. The number of ether oxygens (including phenoxy) is 1. The third kappa shape index (κ3) is 2.15. The lowest BCUT2D eigenvalue weighted by atomic mass is 10.1. The predicted molar refractivity (Wildman–Crippen MR) is 93.1 cm³/mol. The molecule has 0 spiro atoms. The average Bonchev–Trinajstić information content (AvgIpc) is 2.59. The van der Waals surface area contributed by atoms with Crippen molar-refractivity contribution in [2.24, 2.45) is 0 Å². The van der Waals surface area contributed by atoms with Crippen molar-refractivity contribution in [2.75, 3.05) is 6.61 Å². The highest BCUT2D eigenvalue weighted by Crippen LogP contribution is 2.32. The third-order valence-corrected chi connectivity index (χ3v) is 4.84. The zero-order valence-corrected chi connectivity index (χ0v) is 13.6. The molecule has 0 radical (unpaired) electrons. The first-order chi connectivity index (χ1) is 11.2. The normalized spacial score (nSPS) is 13.7. The topological polar surface area (TPSA) is 44.1 Å². The van der Waals surface area contributed by atoms with Crippen LogP contribution in [-0.4, -0.2) is 16.2 Å². The van der Waals surface area contributed by atoms with Gasteiger partial charge in [0.2, 0.25) is 0 Å². The molecule has 1 aromatic carbocycles. The molecule has 4 nitrogen and oxygen atoms in total. The van der Waals surface area contributed by atoms with Crippen molar-refractivity contribution in [3.8, 4) is 11.4 Å². The molecule has 23 heavy (non-hydrogen) atoms. The molecule has 3 heterocycles. The van der Waals surface area contributed by atoms with Crippen LogP contribution < -0.4 is 10.3 Å². The van der Waals surface area contributed by atoms with Gasteiger partial charge in [0.1, 0.15) is 5.75 Å². The van der Waals surface area contributed by atoms with E-state index in [1.165, 1.54) is 0 Å². The van der Waals surface area contributed by atoms with Gasteiger partial charge in [-0.25, -0.2) is 4.98 Å². The van der Waals surface area contributed by atoms with E-state index in [2.05, 4.69) is 17.6 Å². The SMILES string of the molecule is Cc1cccc(-n2c(=O)c3c(c4cccnc42)OCCC3)c1S. The van der Waals surface area contributed by atoms with Gasteiger partial charge in [-0.3, -0.25) is 9.36 Å². The van der Waals surface area contributed by atoms with Gasteiger partial charge in [0.15, 0.2) is 5.65 Å². The van der Waals surface area contributed by atoms with E-state index in [4.69, 9.17) is 4.74 Å². The minimum atomic E-state index is -0.0631. The van der Waals surface area contributed by atoms with Crippen molar-refractivity contribution in [1.29, 1.82) is 0 Å². The molecule has 0 saturated carbocycles. The van der Waals surface area contributed by atoms with Crippen molar-refractivity contribution >= 4 is 23.7 Å². The predicted octanol–water partition coefficient (Wildman–Crippen LogP) is 3.31. The van der Waals surface area contributed by atoms with Crippen molar-refractivity contribution in [2.45, 2.75) is 24.7 Å². The maximum Gasteiger partial charge on any atom is 0.263 e. The van der Waals surface area contributed by atoms with Crippen LogP contribution in [0.4, 0.5) is 0 Å². The van der Waals surface area contributed by atoms with E-state index in [9.17, 15) is 4.79 Å². The van der Waals surface area contributed by atoms with Crippen molar-refractivity contribution in [3.05, 3.63) is 58.0 Å². The molecule has 0 unspecified atom stereocenters. The largest absolute Gasteiger partial charge is 0.492 e. The maximum absolute atomic E-state index is 13.1. The molecule has 5 heteroatoms. The van der Waals surface area contributed by atoms with Gasteiger partial charge in [0.05, 0.1) is 23.2 Å². The molecular formula is C18H16N2O2S. The van der Waals surface area contributed by atoms with Gasteiger partial charge in [-0.1, -0.05) is 12.1 Å². The molecule has 3 aromatic rings. The van der Waals surface area contributed by atoms with Gasteiger partial charge in [0.25, 0.3) is 5.56 Å². The van der Waals surface area contributed by atoms with Crippen LogP contribution in [0.25, 0.3) is 16.7 Å². The Hall–Kier alpha value is -2.27. The van der Waals surface area contributed by atoms with E-state index in [-0.39, 0.29) is 5.56 Å². The molecule has 0 saturated heterocycles. The first-order valence-corrected chi connectivity index (χ1v) is 8.07. The summed E-state index contributed by atoms with van der Waals surface area (Å²) in [6.45, 7) is 2.62. The Morgan fingerprint density at radius 1 is 1.26 bits per heavy atom. The van der Waals surface area contributed by atoms with E-state index in [1.807, 2.05) is 37.3 Å². The second-order valence-corrected chi connectivity index (χ2v) is 6.16. The fourth-order valence-corrected chi connectivity index (χ4v) is 3.35. The maximum atomic E-state index is 13.1. The standard InChI is InChI=1S/C18H16N2O2S/c1-11-5-2-8-14(16(11)23)20-17-12(6-3-9-19-17)15-13(18(20)21)7-4-10-22-15/h2-3,5-6,8-9,23H,4,7,10H2,1H3. The zero-order chi connectivity index (χ0) is 16.0. The Balaban J connectivity index is 2.17. The van der Waals surface area contributed by atoms with Crippen LogP contribution in [0, 0.1) is 6.92 Å². The molecule has 0 bridgehead atoms. The van der Waals surface area contributed by atoms with Gasteiger partial charge in [-0.05, 0) is 43.5 Å². The number of rotatable bonds is 1. The quantitative estimate of drug-likeness (QED) is 0.699. The number of nitrogens with zero attached hydrogens (tertiary/aromatic N) is 2. The summed E-state index contributed by atoms with van der Waals surface area (Å²) in [5, 5.41) is 0.871. The number of benzene rings is 1. The zero-order valence-electron chi connectivity index (χ0n) is 12.7. The lowest BCUT2D eigenvalue weighted by molar-refractivity contribution is 0.290. The number of hydrogen-bond acceptors (Lipinski definition) is 4. The first kappa shape index (κ1) is 14.3. The number of pyridine rings is 2. The van der Waals surface area contributed by atoms with Gasteiger partial charge in [-0.15, -0.1) is 12.6 Å². The fourth-order valence-electron chi connectivity index (χ4n) is 3.10. The number of aryl methyl sites for hydroxylation is 1. The van der Waals surface area contributed by atoms with Crippen LogP contribution in [-0.2, 0) is 6.42 Å². The summed E-state index contributed by atoms with van der Waals surface area (Å²) >= 11 is 4.60. The van der Waals surface area contributed by atoms with Crippen LogP contribution in [0.15, 0.2) is 46.2 Å². The summed E-state index contributed by atoms with van der Waals surface area (Å²) in [5.41, 5.74) is 3.06. The molecule has 1 aliphatic heterocycles. The molecule has 1 aliphatic rings. The lowest BCUT2D eigenvalue weighted by Crippen LogP contribution is -2.27. The summed E-state index contributed by atoms with van der Waals surface area (Å²) in [4.78, 5) is 18.3. The highest BCUT2D eigenvalue weighted by Gasteiger charge is 2.22. The molecular weight excluding hydrogens is 308 g/mol. The van der Waals surface area contributed by atoms with Gasteiger partial charge in [-0.2, -0.15) is 0 Å². The van der Waals surface area contributed by atoms with E-state index in [0.29, 0.717) is 18.0 Å². The molecule has 0 fully saturated rings. The summed E-state index contributed by atoms with van der Waals surface area (Å²) < 4.78 is 7.45. The van der Waals surface area contributed by atoms with Crippen LogP contribution in [0.2, 0.25) is 0 Å². The van der Waals surface area contributed by atoms with Crippen molar-refractivity contribution in [1.82, 2.24) is 9.55 Å². The monoisotopic (exact) mass is 324 g/mol. The molecule has 0 atom stereocenters. The molecule has 0 N–H and O–H groups in total. The second-order valence-electron chi connectivity index (χ2n) is 5.72. The number of aromatic nitrogens is 2. The van der Waals surface area contributed by atoms with Crippen LogP contribution in [0.5, 0.6) is 5.75 Å². The van der Waals surface area contributed by atoms with Crippen LogP contribution in [0.3, 0.4) is 0 Å². The Bertz CT molecular complexity index is 979. The van der Waals surface area contributed by atoms with Crippen LogP contribution >= 0.6 is 12.6 Å². The first-order valence-electron chi connectivity index (χ1n) is 7.63. The lowest BCUT2D eigenvalue weighted by Gasteiger charge is -2.21. The minimum absolute atomic E-state index is 0.0631. The second kappa shape index (κ2) is 5.42. The summed E-state index contributed by atoms with van der Waals surface area (Å²) in [6.07, 6.45) is 3.28. The van der Waals surface area contributed by atoms with Gasteiger partial charge < -0.3 is 4.74 Å². The van der Waals surface area contributed by atoms with Crippen molar-refractivity contribution in [3.63, 3.8) is 0 Å². The van der Waals surface area contributed by atoms with Gasteiger partial charge in [0, 0.05) is 11.1 Å². The van der Waals surface area contributed by atoms with E-state index < -0.39 is 0 Å². The van der Waals surface area contributed by atoms with Crippen LogP contribution in [0.1, 0.15) is 17.5 Å². The minimum Gasteiger partial charge on any atom is -0.492 e. The number of fused-ring (bicyclic) bond motifs is 3. The third-order valence-electron chi connectivity index (χ3n) is 4.25. The summed E-state index contributed by atoms with van der Waals surface area (Å²) in [7, 11) is 0. The Morgan fingerprint density at radius 3 is 3.00 bits per heavy atom. The smallest absolute Gasteiger partial charge is 0.263 e. The van der Waals surface area contributed by atoms with E-state index >= 15 is 0 Å². The molecule has 116 valence electrons. The number of hydrogen-bond donors (Lipinski definition) is 1. The highest BCUT2D eigenvalue weighted by atomic mass is 32.1. The molecule has 2 aromatic heterocycles. The molecule has 0 aliphatic carbocycles. The summed E-state index contributed by atoms with van der Waals surface area (Å²) in [5.74, 6) is 0.689. The Kier molecular flexibility index (Phi) is 3.38. The van der Waals surface area contributed by atoms with Gasteiger partial charge >= 0.3 is 0 Å². The Labute approximate surface area is 139 Å². The Morgan fingerprint density at radius 2 is 2.13 bits per heavy atom.